The van der Waals surface area contributed by atoms with Crippen molar-refractivity contribution >= 4 is 16.7 Å². The maximum atomic E-state index is 6.32. The molecule has 1 aromatic heterocycles. The van der Waals surface area contributed by atoms with Gasteiger partial charge in [0.25, 0.3) is 0 Å². The molecule has 0 radical (unpaired) electrons. The number of hydrogen-bond acceptors (Lipinski definition) is 2. The average molecular weight is 295 g/mol. The molecular weight excluding hydrogens is 270 g/mol. The average Bonchev–Trinajstić information content (AvgIpc) is 2.87. The summed E-state index contributed by atoms with van der Waals surface area (Å²) in [6, 6.07) is 6.89. The third-order valence-corrected chi connectivity index (χ3v) is 4.38. The Morgan fingerprint density at radius 3 is 2.86 bits per heavy atom. The van der Waals surface area contributed by atoms with Gasteiger partial charge < -0.3 is 9.73 Å². The molecule has 3 rings (SSSR count). The summed E-state index contributed by atoms with van der Waals surface area (Å²) in [4.78, 5) is 0. The number of nitrogens with one attached hydrogen (secondary N) is 1. The van der Waals surface area contributed by atoms with Crippen LogP contribution in [0.5, 0.6) is 0 Å². The number of rotatable bonds is 5. The van der Waals surface area contributed by atoms with Crippen molar-refractivity contribution in [2.45, 2.75) is 52.0 Å². The number of fused-ring (bicyclic) bond motifs is 3. The van der Waals surface area contributed by atoms with Crippen LogP contribution < -0.4 is 5.32 Å². The molecule has 0 aliphatic heterocycles. The molecule has 0 bridgehead atoms. The highest BCUT2D eigenvalue weighted by molar-refractivity contribution is 5.89. The molecule has 1 aliphatic carbocycles. The van der Waals surface area contributed by atoms with E-state index in [9.17, 15) is 0 Å². The number of aryl methyl sites for hydroxylation is 1. The predicted molar refractivity (Wildman–Crippen MR) is 94.0 cm³/mol. The van der Waals surface area contributed by atoms with Crippen LogP contribution >= 0.6 is 0 Å². The summed E-state index contributed by atoms with van der Waals surface area (Å²) in [5, 5.41) is 4.86. The first kappa shape index (κ1) is 15.0. The van der Waals surface area contributed by atoms with Gasteiger partial charge in [-0.05, 0) is 37.7 Å². The minimum Gasteiger partial charge on any atom is -0.454 e. The molecule has 2 nitrogen and oxygen atoms in total. The largest absolute Gasteiger partial charge is 0.454 e. The Labute approximate surface area is 132 Å². The van der Waals surface area contributed by atoms with Gasteiger partial charge in [0.2, 0.25) is 0 Å². The SMILES string of the molecule is C=CCC(C)NC1=CCCc2c1oc1c(C(C)C)cccc21. The lowest BCUT2D eigenvalue weighted by atomic mass is 9.95. The second kappa shape index (κ2) is 6.04. The summed E-state index contributed by atoms with van der Waals surface area (Å²) in [6.07, 6.45) is 7.29. The van der Waals surface area contributed by atoms with E-state index in [1.54, 1.807) is 0 Å². The van der Waals surface area contributed by atoms with Crippen LogP contribution in [0.3, 0.4) is 0 Å². The van der Waals surface area contributed by atoms with E-state index in [1.165, 1.54) is 16.5 Å². The van der Waals surface area contributed by atoms with Gasteiger partial charge in [-0.25, -0.2) is 0 Å². The quantitative estimate of drug-likeness (QED) is 0.747. The van der Waals surface area contributed by atoms with Crippen LogP contribution in [-0.4, -0.2) is 6.04 Å². The van der Waals surface area contributed by atoms with E-state index in [0.717, 1.165) is 36.3 Å². The zero-order chi connectivity index (χ0) is 15.7. The van der Waals surface area contributed by atoms with E-state index in [-0.39, 0.29) is 0 Å². The molecule has 1 heterocycles. The maximum absolute atomic E-state index is 6.32. The van der Waals surface area contributed by atoms with Crippen LogP contribution in [0.1, 0.15) is 56.4 Å². The molecule has 0 spiro atoms. The van der Waals surface area contributed by atoms with Crippen LogP contribution in [0.2, 0.25) is 0 Å². The molecule has 116 valence electrons. The summed E-state index contributed by atoms with van der Waals surface area (Å²) < 4.78 is 6.32. The van der Waals surface area contributed by atoms with Crippen molar-refractivity contribution in [3.8, 4) is 0 Å². The molecule has 0 fully saturated rings. The lowest BCUT2D eigenvalue weighted by molar-refractivity contribution is 0.562. The van der Waals surface area contributed by atoms with E-state index >= 15 is 0 Å². The minimum atomic E-state index is 0.368. The molecule has 2 heteroatoms. The number of allylic oxidation sites excluding steroid dienone is 1. The molecule has 1 aromatic carbocycles. The highest BCUT2D eigenvalue weighted by Gasteiger charge is 2.23. The molecule has 2 aromatic rings. The van der Waals surface area contributed by atoms with Gasteiger partial charge in [0.1, 0.15) is 5.58 Å². The standard InChI is InChI=1S/C20H25NO/c1-5-8-14(4)21-18-12-7-11-17-16-10-6-9-15(13(2)3)19(16)22-20(17)18/h5-6,9-10,12-14,21H,1,7-8,11H2,2-4H3. The van der Waals surface area contributed by atoms with Gasteiger partial charge in [-0.3, -0.25) is 0 Å². The number of benzene rings is 1. The Morgan fingerprint density at radius 1 is 1.32 bits per heavy atom. The van der Waals surface area contributed by atoms with Gasteiger partial charge in [0.05, 0.1) is 5.70 Å². The van der Waals surface area contributed by atoms with E-state index in [2.05, 4.69) is 56.9 Å². The van der Waals surface area contributed by atoms with Crippen molar-refractivity contribution in [2.75, 3.05) is 0 Å². The second-order valence-electron chi connectivity index (χ2n) is 6.51. The van der Waals surface area contributed by atoms with Crippen LogP contribution in [0.25, 0.3) is 16.7 Å². The molecule has 0 amide bonds. The van der Waals surface area contributed by atoms with Crippen molar-refractivity contribution in [1.29, 1.82) is 0 Å². The molecule has 1 unspecified atom stereocenters. The Hall–Kier alpha value is -1.96. The molecule has 0 saturated heterocycles. The second-order valence-corrected chi connectivity index (χ2v) is 6.51. The first-order valence-electron chi connectivity index (χ1n) is 8.24. The van der Waals surface area contributed by atoms with Crippen molar-refractivity contribution in [3.05, 3.63) is 53.8 Å². The van der Waals surface area contributed by atoms with Gasteiger partial charge in [0, 0.05) is 17.0 Å². The first-order chi connectivity index (χ1) is 10.6. The van der Waals surface area contributed by atoms with E-state index in [1.807, 2.05) is 6.08 Å². The van der Waals surface area contributed by atoms with Crippen molar-refractivity contribution in [3.63, 3.8) is 0 Å². The first-order valence-corrected chi connectivity index (χ1v) is 8.24. The smallest absolute Gasteiger partial charge is 0.154 e. The monoisotopic (exact) mass is 295 g/mol. The lowest BCUT2D eigenvalue weighted by Gasteiger charge is -2.19. The Morgan fingerprint density at radius 2 is 2.14 bits per heavy atom. The maximum Gasteiger partial charge on any atom is 0.154 e. The van der Waals surface area contributed by atoms with E-state index in [4.69, 9.17) is 4.42 Å². The van der Waals surface area contributed by atoms with Crippen LogP contribution in [0.4, 0.5) is 0 Å². The fourth-order valence-corrected chi connectivity index (χ4v) is 3.27. The molecule has 0 saturated carbocycles. The van der Waals surface area contributed by atoms with Gasteiger partial charge in [-0.1, -0.05) is 44.2 Å². The van der Waals surface area contributed by atoms with E-state index in [0.29, 0.717) is 12.0 Å². The fraction of sp³-hybridized carbons (Fsp3) is 0.400. The van der Waals surface area contributed by atoms with Crippen LogP contribution in [0, 0.1) is 0 Å². The zero-order valence-electron chi connectivity index (χ0n) is 13.8. The topological polar surface area (TPSA) is 25.2 Å². The van der Waals surface area contributed by atoms with Crippen molar-refractivity contribution in [2.24, 2.45) is 0 Å². The van der Waals surface area contributed by atoms with E-state index < -0.39 is 0 Å². The van der Waals surface area contributed by atoms with Crippen molar-refractivity contribution in [1.82, 2.24) is 5.32 Å². The number of para-hydroxylation sites is 1. The van der Waals surface area contributed by atoms with Crippen LogP contribution in [-0.2, 0) is 6.42 Å². The van der Waals surface area contributed by atoms with Gasteiger partial charge in [-0.15, -0.1) is 6.58 Å². The predicted octanol–water partition coefficient (Wildman–Crippen LogP) is 5.40. The molecule has 1 N–H and O–H groups in total. The normalized spacial score (nSPS) is 15.5. The zero-order valence-corrected chi connectivity index (χ0v) is 13.8. The molecule has 22 heavy (non-hydrogen) atoms. The summed E-state index contributed by atoms with van der Waals surface area (Å²) in [6.45, 7) is 10.4. The highest BCUT2D eigenvalue weighted by Crippen LogP contribution is 2.37. The summed E-state index contributed by atoms with van der Waals surface area (Å²) in [5.41, 5.74) is 4.86. The number of furan rings is 1. The summed E-state index contributed by atoms with van der Waals surface area (Å²) in [5.74, 6) is 1.50. The van der Waals surface area contributed by atoms with Gasteiger partial charge in [-0.2, -0.15) is 0 Å². The minimum absolute atomic E-state index is 0.368. The Balaban J connectivity index is 2.05. The Bertz CT molecular complexity index is 721. The Kier molecular flexibility index (Phi) is 4.10. The molecule has 1 atom stereocenters. The third-order valence-electron chi connectivity index (χ3n) is 4.38. The summed E-state index contributed by atoms with van der Waals surface area (Å²) in [7, 11) is 0. The molecule has 1 aliphatic rings. The lowest BCUT2D eigenvalue weighted by Crippen LogP contribution is -2.25. The molecular formula is C20H25NO. The van der Waals surface area contributed by atoms with Crippen LogP contribution in [0.15, 0.2) is 41.3 Å². The van der Waals surface area contributed by atoms with Gasteiger partial charge >= 0.3 is 0 Å². The fourth-order valence-electron chi connectivity index (χ4n) is 3.27. The van der Waals surface area contributed by atoms with Gasteiger partial charge in [0.15, 0.2) is 5.76 Å². The number of hydrogen-bond donors (Lipinski definition) is 1. The highest BCUT2D eigenvalue weighted by atomic mass is 16.3. The third kappa shape index (κ3) is 2.58. The van der Waals surface area contributed by atoms with Crippen molar-refractivity contribution < 1.29 is 4.42 Å². The summed E-state index contributed by atoms with van der Waals surface area (Å²) >= 11 is 0.